The molecule has 0 amide bonds. The van der Waals surface area contributed by atoms with Crippen molar-refractivity contribution in [2.45, 2.75) is 18.8 Å². The van der Waals surface area contributed by atoms with Gasteiger partial charge in [0.15, 0.2) is 0 Å². The maximum absolute atomic E-state index is 13.5. The zero-order chi connectivity index (χ0) is 26.2. The van der Waals surface area contributed by atoms with E-state index in [1.807, 2.05) is 10.9 Å². The van der Waals surface area contributed by atoms with Gasteiger partial charge < -0.3 is 0 Å². The van der Waals surface area contributed by atoms with E-state index < -0.39 is 10.2 Å². The quantitative estimate of drug-likeness (QED) is 0.498. The van der Waals surface area contributed by atoms with Crippen LogP contribution in [0.25, 0.3) is 16.6 Å². The Bertz CT molecular complexity index is 1650. The van der Waals surface area contributed by atoms with E-state index in [4.69, 9.17) is 5.26 Å². The molecule has 4 aliphatic rings. The Kier molecular flexibility index (Phi) is 5.22. The van der Waals surface area contributed by atoms with Gasteiger partial charge in [-0.1, -0.05) is 24.3 Å². The van der Waals surface area contributed by atoms with E-state index in [0.29, 0.717) is 24.9 Å². The van der Waals surface area contributed by atoms with Gasteiger partial charge in [0, 0.05) is 37.0 Å². The number of aromatic nitrogens is 2. The lowest BCUT2D eigenvalue weighted by Gasteiger charge is -2.38. The third-order valence-electron chi connectivity index (χ3n) is 9.06. The van der Waals surface area contributed by atoms with Crippen LogP contribution in [0.1, 0.15) is 17.5 Å². The Morgan fingerprint density at radius 1 is 1.11 bits per heavy atom. The van der Waals surface area contributed by atoms with Gasteiger partial charge in [-0.05, 0) is 78.6 Å². The maximum atomic E-state index is 13.5. The predicted molar refractivity (Wildman–Crippen MR) is 142 cm³/mol. The highest BCUT2D eigenvalue weighted by Gasteiger charge is 2.72. The lowest BCUT2D eigenvalue weighted by molar-refractivity contribution is 0.224. The van der Waals surface area contributed by atoms with E-state index in [0.717, 1.165) is 28.6 Å². The van der Waals surface area contributed by atoms with Crippen molar-refractivity contribution in [2.75, 3.05) is 26.2 Å². The molecule has 3 heterocycles. The minimum atomic E-state index is -3.60. The number of hydrogen-bond donors (Lipinski definition) is 0. The number of piperidine rings is 1. The van der Waals surface area contributed by atoms with E-state index in [1.54, 1.807) is 16.4 Å². The summed E-state index contributed by atoms with van der Waals surface area (Å²) in [5.41, 5.74) is 3.77. The topological polar surface area (TPSA) is 82.2 Å². The molecule has 2 aliphatic heterocycles. The van der Waals surface area contributed by atoms with Crippen LogP contribution in [-0.2, 0) is 15.6 Å². The zero-order valence-corrected chi connectivity index (χ0v) is 21.9. The van der Waals surface area contributed by atoms with E-state index in [-0.39, 0.29) is 36.2 Å². The van der Waals surface area contributed by atoms with Gasteiger partial charge in [0.25, 0.3) is 10.2 Å². The summed E-state index contributed by atoms with van der Waals surface area (Å²) < 4.78 is 45.3. The third kappa shape index (κ3) is 3.37. The highest BCUT2D eigenvalue weighted by Crippen LogP contribution is 2.69. The number of rotatable bonds is 5. The number of hydrogen-bond acceptors (Lipinski definition) is 4. The molecule has 4 atom stereocenters. The fourth-order valence-corrected chi connectivity index (χ4v) is 8.94. The van der Waals surface area contributed by atoms with Crippen molar-refractivity contribution >= 4 is 21.1 Å². The van der Waals surface area contributed by atoms with Crippen LogP contribution < -0.4 is 0 Å². The maximum Gasteiger partial charge on any atom is 0.282 e. The van der Waals surface area contributed by atoms with Crippen molar-refractivity contribution in [1.82, 2.24) is 18.4 Å². The SMILES string of the molecule is Cc1cc2c(cnn2-c2ccc(F)cc2)cc1[C@@]12CN(S(=O)(=O)N3CC(C#N)C3)C[C@@H]1[C@H]2C1C=CC=CC1. The Balaban J connectivity index is 1.27. The number of halogens is 1. The van der Waals surface area contributed by atoms with Gasteiger partial charge in [-0.25, -0.2) is 9.07 Å². The minimum absolute atomic E-state index is 0.218. The van der Waals surface area contributed by atoms with Gasteiger partial charge in [0.2, 0.25) is 0 Å². The average Bonchev–Trinajstić information content (AvgIpc) is 3.15. The number of benzene rings is 2. The number of allylic oxidation sites excluding steroid dienone is 4. The van der Waals surface area contributed by atoms with E-state index in [1.165, 1.54) is 22.0 Å². The molecule has 0 radical (unpaired) electrons. The Morgan fingerprint density at radius 3 is 2.61 bits per heavy atom. The fraction of sp³-hybridized carbons (Fsp3) is 0.379. The zero-order valence-electron chi connectivity index (χ0n) is 21.0. The van der Waals surface area contributed by atoms with Gasteiger partial charge >= 0.3 is 0 Å². The minimum Gasteiger partial charge on any atom is -0.233 e. The molecule has 1 unspecified atom stereocenters. The van der Waals surface area contributed by atoms with Crippen molar-refractivity contribution in [3.8, 4) is 11.8 Å². The highest BCUT2D eigenvalue weighted by molar-refractivity contribution is 7.86. The molecule has 2 aromatic carbocycles. The van der Waals surface area contributed by atoms with Gasteiger partial charge in [-0.3, -0.25) is 0 Å². The van der Waals surface area contributed by atoms with Crippen molar-refractivity contribution in [3.05, 3.63) is 83.8 Å². The normalized spacial score (nSPS) is 29.3. The van der Waals surface area contributed by atoms with Crippen LogP contribution in [0.15, 0.2) is 66.9 Å². The average molecular weight is 530 g/mol. The summed E-state index contributed by atoms with van der Waals surface area (Å²) in [7, 11) is -3.60. The first-order chi connectivity index (χ1) is 18.3. The number of aryl methyl sites for hydroxylation is 1. The predicted octanol–water partition coefficient (Wildman–Crippen LogP) is 4.10. The van der Waals surface area contributed by atoms with Crippen LogP contribution in [0.5, 0.6) is 0 Å². The molecule has 0 N–H and O–H groups in total. The molecule has 3 fully saturated rings. The van der Waals surface area contributed by atoms with Crippen LogP contribution in [0.3, 0.4) is 0 Å². The van der Waals surface area contributed by atoms with Gasteiger partial charge in [0.05, 0.1) is 29.4 Å². The van der Waals surface area contributed by atoms with E-state index >= 15 is 0 Å². The van der Waals surface area contributed by atoms with Gasteiger partial charge in [0.1, 0.15) is 5.82 Å². The summed E-state index contributed by atoms with van der Waals surface area (Å²) in [6.07, 6.45) is 11.5. The van der Waals surface area contributed by atoms with E-state index in [9.17, 15) is 12.8 Å². The molecule has 7 rings (SSSR count). The second kappa shape index (κ2) is 8.34. The van der Waals surface area contributed by atoms with Crippen molar-refractivity contribution < 1.29 is 12.8 Å². The van der Waals surface area contributed by atoms with E-state index in [2.05, 4.69) is 54.5 Å². The lowest BCUT2D eigenvalue weighted by Crippen LogP contribution is -2.55. The monoisotopic (exact) mass is 529 g/mol. The van der Waals surface area contributed by atoms with Gasteiger partial charge in [-0.15, -0.1) is 0 Å². The van der Waals surface area contributed by atoms with Crippen LogP contribution in [0.4, 0.5) is 4.39 Å². The summed E-state index contributed by atoms with van der Waals surface area (Å²) in [5, 5.41) is 14.7. The molecule has 2 aliphatic carbocycles. The molecule has 9 heteroatoms. The molecule has 194 valence electrons. The molecule has 0 bridgehead atoms. The Labute approximate surface area is 221 Å². The number of nitriles is 1. The Hall–Kier alpha value is -3.32. The molecule has 2 saturated heterocycles. The largest absolute Gasteiger partial charge is 0.282 e. The number of fused-ring (bicyclic) bond motifs is 2. The summed E-state index contributed by atoms with van der Waals surface area (Å²) in [4.78, 5) is 0. The molecular formula is C29H28FN5O2S. The van der Waals surface area contributed by atoms with Crippen molar-refractivity contribution in [1.29, 1.82) is 5.26 Å². The van der Waals surface area contributed by atoms with Crippen molar-refractivity contribution in [3.63, 3.8) is 0 Å². The first-order valence-electron chi connectivity index (χ1n) is 13.1. The molecule has 7 nitrogen and oxygen atoms in total. The molecule has 1 aromatic heterocycles. The standard InChI is InChI=1S/C29H28FN5O2S/c1-19-11-27-22(14-32-35(27)24-9-7-23(30)8-10-24)12-25(19)29-18-34(38(36,37)33-15-20(13-31)16-33)17-26(29)28(29)21-5-3-2-4-6-21/h2-5,7-12,14,20-21,26,28H,6,15-18H2,1H3/t21?,26-,28-,29+/m1/s1. The summed E-state index contributed by atoms with van der Waals surface area (Å²) in [6.45, 7) is 3.60. The lowest BCUT2D eigenvalue weighted by atomic mass is 9.83. The van der Waals surface area contributed by atoms with Crippen molar-refractivity contribution in [2.24, 2.45) is 23.7 Å². The molecule has 3 aromatic rings. The fourth-order valence-electron chi connectivity index (χ4n) is 7.15. The molecular weight excluding hydrogens is 501 g/mol. The number of nitrogens with zero attached hydrogens (tertiary/aromatic N) is 5. The van der Waals surface area contributed by atoms with Gasteiger partial charge in [-0.2, -0.15) is 27.4 Å². The van der Waals surface area contributed by atoms with Crippen LogP contribution in [0.2, 0.25) is 0 Å². The molecule has 0 spiro atoms. The van der Waals surface area contributed by atoms with Crippen LogP contribution in [-0.4, -0.2) is 53.0 Å². The summed E-state index contributed by atoms with van der Waals surface area (Å²) >= 11 is 0. The smallest absolute Gasteiger partial charge is 0.233 e. The first-order valence-corrected chi connectivity index (χ1v) is 14.5. The van der Waals surface area contributed by atoms with Crippen LogP contribution >= 0.6 is 0 Å². The summed E-state index contributed by atoms with van der Waals surface area (Å²) in [5.74, 6) is 0.461. The first kappa shape index (κ1) is 23.8. The molecule has 1 saturated carbocycles. The summed E-state index contributed by atoms with van der Waals surface area (Å²) in [6, 6.07) is 12.8. The highest BCUT2D eigenvalue weighted by atomic mass is 32.2. The van der Waals surface area contributed by atoms with Crippen LogP contribution in [0, 0.1) is 47.7 Å². The Morgan fingerprint density at radius 2 is 1.89 bits per heavy atom. The second-order valence-electron chi connectivity index (χ2n) is 11.1. The second-order valence-corrected chi connectivity index (χ2v) is 13.0. The third-order valence-corrected chi connectivity index (χ3v) is 10.9. The molecule has 38 heavy (non-hydrogen) atoms.